The van der Waals surface area contributed by atoms with Gasteiger partial charge in [0.05, 0.1) is 17.9 Å². The van der Waals surface area contributed by atoms with Gasteiger partial charge in [0.25, 0.3) is 0 Å². The quantitative estimate of drug-likeness (QED) is 0.492. The molecule has 4 nitrogen and oxygen atoms in total. The Kier molecular flexibility index (Phi) is 4.21. The average molecular weight is 441 g/mol. The van der Waals surface area contributed by atoms with Gasteiger partial charge in [0.15, 0.2) is 0 Å². The van der Waals surface area contributed by atoms with Crippen molar-refractivity contribution in [2.24, 2.45) is 5.92 Å². The molecule has 0 aromatic rings. The zero-order valence-corrected chi connectivity index (χ0v) is 12.4. The molecule has 6 heteroatoms. The van der Waals surface area contributed by atoms with Crippen LogP contribution in [0.3, 0.4) is 0 Å². The number of halogens is 1. The summed E-state index contributed by atoms with van der Waals surface area (Å²) in [4.78, 5) is 10.6. The molecular formula is C9H12FO4U-. The van der Waals surface area contributed by atoms with E-state index < -0.39 is 29.8 Å². The molecule has 2 bridgehead atoms. The molecular weight excluding hydrogens is 429 g/mol. The Morgan fingerprint density at radius 1 is 1.80 bits per heavy atom. The van der Waals surface area contributed by atoms with E-state index in [1.807, 2.05) is 0 Å². The fourth-order valence-electron chi connectivity index (χ4n) is 2.03. The smallest absolute Gasteiger partial charge is 0.302 e. The molecule has 1 aliphatic carbocycles. The Morgan fingerprint density at radius 2 is 2.47 bits per heavy atom. The van der Waals surface area contributed by atoms with E-state index in [1.165, 1.54) is 13.5 Å². The molecule has 4 atom stereocenters. The van der Waals surface area contributed by atoms with E-state index in [-0.39, 0.29) is 44.1 Å². The van der Waals surface area contributed by atoms with E-state index in [9.17, 15) is 14.3 Å². The summed E-state index contributed by atoms with van der Waals surface area (Å²) in [7, 11) is 0. The first-order valence-corrected chi connectivity index (χ1v) is 4.52. The van der Waals surface area contributed by atoms with Crippen LogP contribution in [0.5, 0.6) is 0 Å². The number of carbonyl (C=O) groups is 1. The molecule has 2 aliphatic rings. The van der Waals surface area contributed by atoms with Crippen LogP contribution in [0.2, 0.25) is 0 Å². The van der Waals surface area contributed by atoms with E-state index in [0.29, 0.717) is 0 Å². The molecule has 84 valence electrons. The van der Waals surface area contributed by atoms with Crippen molar-refractivity contribution in [1.29, 1.82) is 0 Å². The number of carbonyl (C=O) groups excluding carboxylic acids is 1. The summed E-state index contributed by atoms with van der Waals surface area (Å²) < 4.78 is 23.2. The largest absolute Gasteiger partial charge is 0.543 e. The number of fused-ring (bicyclic) bond motifs is 2. The van der Waals surface area contributed by atoms with Gasteiger partial charge in [-0.2, -0.15) is 0 Å². The van der Waals surface area contributed by atoms with Gasteiger partial charge in [-0.25, -0.2) is 11.0 Å². The second-order valence-corrected chi connectivity index (χ2v) is 3.84. The molecule has 1 saturated carbocycles. The summed E-state index contributed by atoms with van der Waals surface area (Å²) in [6.07, 6.45) is -1.92. The zero-order valence-electron chi connectivity index (χ0n) is 8.27. The SMILES string of the molecule is CC(=O)OC[C@@]12C[C@@H](F)[C@H]([CH-]O1)[C@@H]2O.[U]. The molecule has 1 aliphatic heterocycles. The molecule has 1 heterocycles. The summed E-state index contributed by atoms with van der Waals surface area (Å²) in [5.41, 5.74) is -1.05. The van der Waals surface area contributed by atoms with Crippen molar-refractivity contribution in [3.63, 3.8) is 0 Å². The first kappa shape index (κ1) is 13.4. The van der Waals surface area contributed by atoms with Gasteiger partial charge in [-0.3, -0.25) is 4.79 Å². The van der Waals surface area contributed by atoms with Crippen molar-refractivity contribution in [2.75, 3.05) is 6.61 Å². The first-order chi connectivity index (χ1) is 6.55. The summed E-state index contributed by atoms with van der Waals surface area (Å²) in [6.45, 7) is 2.49. The third kappa shape index (κ3) is 2.24. The van der Waals surface area contributed by atoms with Crippen LogP contribution in [0.15, 0.2) is 0 Å². The van der Waals surface area contributed by atoms with Gasteiger partial charge in [-0.05, 0) is 0 Å². The van der Waals surface area contributed by atoms with Gasteiger partial charge in [0.1, 0.15) is 6.61 Å². The van der Waals surface area contributed by atoms with Crippen molar-refractivity contribution in [3.8, 4) is 0 Å². The summed E-state index contributed by atoms with van der Waals surface area (Å²) in [6, 6.07) is 0. The second-order valence-electron chi connectivity index (χ2n) is 3.84. The van der Waals surface area contributed by atoms with Crippen molar-refractivity contribution in [1.82, 2.24) is 0 Å². The van der Waals surface area contributed by atoms with Crippen LogP contribution in [-0.2, 0) is 14.3 Å². The number of alkyl halides is 1. The maximum atomic E-state index is 13.2. The normalized spacial score (nSPS) is 42.5. The predicted octanol–water partition coefficient (Wildman–Crippen LogP) is 0.199. The third-order valence-corrected chi connectivity index (χ3v) is 2.84. The molecule has 0 unspecified atom stereocenters. The second kappa shape index (κ2) is 4.70. The molecule has 2 rings (SSSR count). The minimum atomic E-state index is -1.10. The van der Waals surface area contributed by atoms with Crippen LogP contribution < -0.4 is 0 Å². The number of aliphatic hydroxyl groups excluding tert-OH is 1. The summed E-state index contributed by atoms with van der Waals surface area (Å²) in [5, 5.41) is 9.67. The minimum absolute atomic E-state index is 0. The van der Waals surface area contributed by atoms with Crippen molar-refractivity contribution in [2.45, 2.75) is 31.2 Å². The zero-order chi connectivity index (χ0) is 10.3. The number of rotatable bonds is 2. The van der Waals surface area contributed by atoms with Crippen molar-refractivity contribution >= 4 is 5.97 Å². The van der Waals surface area contributed by atoms with Gasteiger partial charge >= 0.3 is 5.97 Å². The average Bonchev–Trinajstić information content (AvgIpc) is 2.54. The Balaban J connectivity index is 0.00000112. The number of esters is 1. The molecule has 1 saturated heterocycles. The van der Waals surface area contributed by atoms with Crippen molar-refractivity contribution in [3.05, 3.63) is 6.61 Å². The number of ether oxygens (including phenoxy) is 2. The topological polar surface area (TPSA) is 55.8 Å². The molecule has 0 radical (unpaired) electrons. The number of hydrogen-bond donors (Lipinski definition) is 1. The Bertz CT molecular complexity index is 262. The van der Waals surface area contributed by atoms with Crippen LogP contribution in [-0.4, -0.2) is 35.6 Å². The fourth-order valence-corrected chi connectivity index (χ4v) is 2.03. The number of hydrogen-bond acceptors (Lipinski definition) is 4. The van der Waals surface area contributed by atoms with E-state index >= 15 is 0 Å². The molecule has 0 aromatic heterocycles. The van der Waals surface area contributed by atoms with Crippen LogP contribution in [0, 0.1) is 43.6 Å². The van der Waals surface area contributed by atoms with Crippen LogP contribution in [0.1, 0.15) is 13.3 Å². The Morgan fingerprint density at radius 3 is 2.87 bits per heavy atom. The molecule has 0 amide bonds. The van der Waals surface area contributed by atoms with E-state index in [2.05, 4.69) is 0 Å². The van der Waals surface area contributed by atoms with Crippen LogP contribution in [0.25, 0.3) is 0 Å². The van der Waals surface area contributed by atoms with Gasteiger partial charge in [0.2, 0.25) is 0 Å². The summed E-state index contributed by atoms with van der Waals surface area (Å²) >= 11 is 0. The molecule has 15 heavy (non-hydrogen) atoms. The van der Waals surface area contributed by atoms with Crippen LogP contribution in [0.4, 0.5) is 4.39 Å². The molecule has 1 N–H and O–H groups in total. The van der Waals surface area contributed by atoms with Gasteiger partial charge in [-0.1, -0.05) is 5.92 Å². The Hall–Kier alpha value is 0.372. The number of aliphatic hydroxyl groups is 1. The van der Waals surface area contributed by atoms with Gasteiger partial charge in [0, 0.05) is 44.5 Å². The maximum Gasteiger partial charge on any atom is 0.302 e. The molecule has 2 fully saturated rings. The predicted molar refractivity (Wildman–Crippen MR) is 43.8 cm³/mol. The maximum absolute atomic E-state index is 13.2. The van der Waals surface area contributed by atoms with Crippen molar-refractivity contribution < 1.29 is 54.9 Å². The monoisotopic (exact) mass is 441 g/mol. The fraction of sp³-hybridized carbons (Fsp3) is 0.778. The van der Waals surface area contributed by atoms with E-state index in [4.69, 9.17) is 9.47 Å². The third-order valence-electron chi connectivity index (χ3n) is 2.84. The van der Waals surface area contributed by atoms with E-state index in [1.54, 1.807) is 0 Å². The standard InChI is InChI=1S/C9H12FO4.U/c1-5(11)13-4-9-2-7(10)6(3-14-9)8(9)12;/h3,6-8,12H,2,4H2,1H3;/q-1;/t6-,7+,8-,9+;/m0./s1. The molecule has 0 spiro atoms. The van der Waals surface area contributed by atoms with Crippen LogP contribution >= 0.6 is 0 Å². The first-order valence-electron chi connectivity index (χ1n) is 4.52. The van der Waals surface area contributed by atoms with E-state index in [0.717, 1.165) is 0 Å². The van der Waals surface area contributed by atoms with Gasteiger partial charge < -0.3 is 14.6 Å². The molecule has 0 aromatic carbocycles. The minimum Gasteiger partial charge on any atom is -0.543 e. The Labute approximate surface area is 111 Å². The van der Waals surface area contributed by atoms with Gasteiger partial charge in [-0.15, -0.1) is 0 Å². The summed E-state index contributed by atoms with van der Waals surface area (Å²) in [5.74, 6) is -1.04.